The molecule has 0 saturated carbocycles. The number of hydrogen-bond donors (Lipinski definition) is 1. The van der Waals surface area contributed by atoms with Crippen molar-refractivity contribution in [1.82, 2.24) is 4.98 Å². The highest BCUT2D eigenvalue weighted by molar-refractivity contribution is 5.84. The fourth-order valence-electron chi connectivity index (χ4n) is 1.79. The Morgan fingerprint density at radius 1 is 1.21 bits per heavy atom. The third-order valence-electron chi connectivity index (χ3n) is 2.63. The van der Waals surface area contributed by atoms with E-state index in [9.17, 15) is 4.39 Å². The van der Waals surface area contributed by atoms with Crippen LogP contribution in [-0.4, -0.2) is 4.98 Å². The van der Waals surface area contributed by atoms with E-state index in [1.807, 2.05) is 30.3 Å². The first-order chi connectivity index (χ1) is 9.22. The number of aromatic nitrogens is 1. The minimum atomic E-state index is -0.436. The summed E-state index contributed by atoms with van der Waals surface area (Å²) in [6.45, 7) is 0.166. The molecular weight excluding hydrogens is 247 g/mol. The summed E-state index contributed by atoms with van der Waals surface area (Å²) < 4.78 is 24.1. The van der Waals surface area contributed by atoms with E-state index in [2.05, 4.69) is 4.98 Å². The molecule has 1 heterocycles. The molecule has 0 aliphatic carbocycles. The van der Waals surface area contributed by atoms with Gasteiger partial charge in [-0.05, 0) is 12.1 Å². The molecule has 0 amide bonds. The number of oxazole rings is 1. The van der Waals surface area contributed by atoms with Crippen molar-refractivity contribution in [3.63, 3.8) is 0 Å². The molecule has 4 nitrogen and oxygen atoms in total. The Kier molecular flexibility index (Phi) is 2.79. The largest absolute Gasteiger partial charge is 0.484 e. The summed E-state index contributed by atoms with van der Waals surface area (Å²) in [5, 5.41) is 0. The SMILES string of the molecule is Nc1cc(F)cc2nc(COc3ccccc3)oc12. The number of anilines is 1. The van der Waals surface area contributed by atoms with Crippen molar-refractivity contribution in [2.75, 3.05) is 5.73 Å². The van der Waals surface area contributed by atoms with Crippen molar-refractivity contribution < 1.29 is 13.5 Å². The lowest BCUT2D eigenvalue weighted by molar-refractivity contribution is 0.267. The third kappa shape index (κ3) is 2.35. The van der Waals surface area contributed by atoms with Gasteiger partial charge in [-0.3, -0.25) is 0 Å². The molecule has 3 aromatic rings. The van der Waals surface area contributed by atoms with Crippen LogP contribution in [0, 0.1) is 5.82 Å². The Balaban J connectivity index is 1.84. The normalized spacial score (nSPS) is 10.8. The number of ether oxygens (including phenoxy) is 1. The Morgan fingerprint density at radius 3 is 2.79 bits per heavy atom. The second-order valence-electron chi connectivity index (χ2n) is 4.05. The average molecular weight is 258 g/mol. The van der Waals surface area contributed by atoms with E-state index in [0.29, 0.717) is 22.7 Å². The minimum absolute atomic E-state index is 0.166. The Hall–Kier alpha value is -2.56. The van der Waals surface area contributed by atoms with Gasteiger partial charge in [-0.2, -0.15) is 0 Å². The maximum Gasteiger partial charge on any atom is 0.233 e. The van der Waals surface area contributed by atoms with Crippen LogP contribution in [0.4, 0.5) is 10.1 Å². The van der Waals surface area contributed by atoms with Crippen molar-refractivity contribution >= 4 is 16.8 Å². The van der Waals surface area contributed by atoms with Crippen LogP contribution in [0.3, 0.4) is 0 Å². The van der Waals surface area contributed by atoms with Crippen LogP contribution in [-0.2, 0) is 6.61 Å². The van der Waals surface area contributed by atoms with Crippen LogP contribution in [0.2, 0.25) is 0 Å². The Morgan fingerprint density at radius 2 is 2.00 bits per heavy atom. The van der Waals surface area contributed by atoms with Crippen molar-refractivity contribution in [3.05, 3.63) is 54.2 Å². The molecule has 96 valence electrons. The smallest absolute Gasteiger partial charge is 0.233 e. The van der Waals surface area contributed by atoms with E-state index in [-0.39, 0.29) is 12.3 Å². The van der Waals surface area contributed by atoms with Gasteiger partial charge in [-0.15, -0.1) is 0 Å². The van der Waals surface area contributed by atoms with Crippen molar-refractivity contribution in [3.8, 4) is 5.75 Å². The molecule has 0 aliphatic heterocycles. The fourth-order valence-corrected chi connectivity index (χ4v) is 1.79. The quantitative estimate of drug-likeness (QED) is 0.733. The van der Waals surface area contributed by atoms with Gasteiger partial charge in [0.2, 0.25) is 5.89 Å². The lowest BCUT2D eigenvalue weighted by atomic mass is 10.3. The third-order valence-corrected chi connectivity index (χ3v) is 2.63. The molecule has 19 heavy (non-hydrogen) atoms. The Bertz CT molecular complexity index is 710. The number of rotatable bonds is 3. The van der Waals surface area contributed by atoms with Crippen LogP contribution in [0.5, 0.6) is 5.75 Å². The summed E-state index contributed by atoms with van der Waals surface area (Å²) in [5.41, 5.74) is 6.67. The molecule has 0 unspecified atom stereocenters. The zero-order valence-corrected chi connectivity index (χ0v) is 9.97. The predicted octanol–water partition coefficient (Wildman–Crippen LogP) is 3.13. The van der Waals surface area contributed by atoms with E-state index >= 15 is 0 Å². The molecule has 0 saturated heterocycles. The van der Waals surface area contributed by atoms with E-state index in [0.717, 1.165) is 0 Å². The zero-order valence-electron chi connectivity index (χ0n) is 9.97. The van der Waals surface area contributed by atoms with Crippen molar-refractivity contribution in [1.29, 1.82) is 0 Å². The first-order valence-corrected chi connectivity index (χ1v) is 5.74. The monoisotopic (exact) mass is 258 g/mol. The van der Waals surface area contributed by atoms with Gasteiger partial charge in [0, 0.05) is 12.1 Å². The maximum atomic E-state index is 13.2. The van der Waals surface area contributed by atoms with Gasteiger partial charge in [-0.1, -0.05) is 18.2 Å². The molecule has 0 bridgehead atoms. The number of benzene rings is 2. The van der Waals surface area contributed by atoms with Gasteiger partial charge in [-0.25, -0.2) is 9.37 Å². The highest BCUT2D eigenvalue weighted by Gasteiger charge is 2.10. The van der Waals surface area contributed by atoms with E-state index < -0.39 is 5.82 Å². The van der Waals surface area contributed by atoms with Gasteiger partial charge in [0.1, 0.15) is 17.1 Å². The van der Waals surface area contributed by atoms with Gasteiger partial charge >= 0.3 is 0 Å². The van der Waals surface area contributed by atoms with Crippen LogP contribution < -0.4 is 10.5 Å². The summed E-state index contributed by atoms with van der Waals surface area (Å²) in [7, 11) is 0. The molecule has 0 fully saturated rings. The fraction of sp³-hybridized carbons (Fsp3) is 0.0714. The van der Waals surface area contributed by atoms with Crippen LogP contribution >= 0.6 is 0 Å². The zero-order chi connectivity index (χ0) is 13.2. The number of nitrogen functional groups attached to an aromatic ring is 1. The highest BCUT2D eigenvalue weighted by atomic mass is 19.1. The van der Waals surface area contributed by atoms with Gasteiger partial charge in [0.25, 0.3) is 0 Å². The maximum absolute atomic E-state index is 13.2. The minimum Gasteiger partial charge on any atom is -0.484 e. The second-order valence-corrected chi connectivity index (χ2v) is 4.05. The lowest BCUT2D eigenvalue weighted by Gasteiger charge is -2.01. The standard InChI is InChI=1S/C14H11FN2O2/c15-9-6-11(16)14-12(7-9)17-13(19-14)8-18-10-4-2-1-3-5-10/h1-7H,8,16H2. The topological polar surface area (TPSA) is 61.3 Å². The number of fused-ring (bicyclic) bond motifs is 1. The summed E-state index contributed by atoms with van der Waals surface area (Å²) in [6.07, 6.45) is 0. The van der Waals surface area contributed by atoms with E-state index in [1.54, 1.807) is 0 Å². The molecule has 2 aromatic carbocycles. The van der Waals surface area contributed by atoms with Gasteiger partial charge in [0.05, 0.1) is 5.69 Å². The van der Waals surface area contributed by atoms with Crippen LogP contribution in [0.25, 0.3) is 11.1 Å². The molecule has 0 radical (unpaired) electrons. The molecule has 5 heteroatoms. The molecule has 0 spiro atoms. The lowest BCUT2D eigenvalue weighted by Crippen LogP contribution is -1.94. The summed E-state index contributed by atoms with van der Waals surface area (Å²) in [6, 6.07) is 11.8. The molecule has 0 atom stereocenters. The Labute approximate surface area is 108 Å². The van der Waals surface area contributed by atoms with Crippen LogP contribution in [0.15, 0.2) is 46.9 Å². The number of nitrogens with zero attached hydrogens (tertiary/aromatic N) is 1. The van der Waals surface area contributed by atoms with E-state index in [4.69, 9.17) is 14.9 Å². The summed E-state index contributed by atoms with van der Waals surface area (Å²) in [5.74, 6) is 0.633. The molecule has 1 aromatic heterocycles. The number of halogens is 1. The van der Waals surface area contributed by atoms with Gasteiger partial charge < -0.3 is 14.9 Å². The summed E-state index contributed by atoms with van der Waals surface area (Å²) in [4.78, 5) is 4.14. The summed E-state index contributed by atoms with van der Waals surface area (Å²) >= 11 is 0. The second kappa shape index (κ2) is 4.61. The highest BCUT2D eigenvalue weighted by Crippen LogP contribution is 2.24. The van der Waals surface area contributed by atoms with Gasteiger partial charge in [0.15, 0.2) is 12.2 Å². The molecule has 2 N–H and O–H groups in total. The first kappa shape index (κ1) is 11.5. The van der Waals surface area contributed by atoms with Crippen molar-refractivity contribution in [2.24, 2.45) is 0 Å². The number of hydrogen-bond acceptors (Lipinski definition) is 4. The molecule has 3 rings (SSSR count). The number of para-hydroxylation sites is 1. The van der Waals surface area contributed by atoms with Crippen molar-refractivity contribution in [2.45, 2.75) is 6.61 Å². The number of nitrogens with two attached hydrogens (primary N) is 1. The average Bonchev–Trinajstić information content (AvgIpc) is 2.81. The predicted molar refractivity (Wildman–Crippen MR) is 69.2 cm³/mol. The van der Waals surface area contributed by atoms with E-state index in [1.165, 1.54) is 12.1 Å². The van der Waals surface area contributed by atoms with Crippen LogP contribution in [0.1, 0.15) is 5.89 Å². The molecular formula is C14H11FN2O2. The molecule has 0 aliphatic rings. The first-order valence-electron chi connectivity index (χ1n) is 5.74.